The summed E-state index contributed by atoms with van der Waals surface area (Å²) in [7, 11) is 1.88. The molecule has 0 saturated heterocycles. The lowest BCUT2D eigenvalue weighted by atomic mass is 10.2. The Morgan fingerprint density at radius 1 is 1.43 bits per heavy atom. The molecular weight excluding hydrogens is 402 g/mol. The summed E-state index contributed by atoms with van der Waals surface area (Å²) < 4.78 is 3.22. The third-order valence-corrected chi connectivity index (χ3v) is 4.17. The third kappa shape index (κ3) is 4.18. The van der Waals surface area contributed by atoms with Crippen LogP contribution in [0.2, 0.25) is 0 Å². The monoisotopic (exact) mass is 413 g/mol. The molecule has 0 radical (unpaired) electrons. The molecule has 1 amide bonds. The largest absolute Gasteiger partial charge is 0.507 e. The predicted molar refractivity (Wildman–Crippen MR) is 88.4 cm³/mol. The molecule has 0 aliphatic rings. The number of aromatic hydroxyl groups is 1. The molecule has 21 heavy (non-hydrogen) atoms. The number of phenolic OH excluding ortho intramolecular Hbond substituents is 1. The molecule has 2 aromatic rings. The highest BCUT2D eigenvalue weighted by atomic mass is 79.9. The van der Waals surface area contributed by atoms with Gasteiger partial charge in [0.1, 0.15) is 5.75 Å². The molecule has 0 fully saturated rings. The van der Waals surface area contributed by atoms with E-state index in [0.29, 0.717) is 10.0 Å². The van der Waals surface area contributed by atoms with E-state index in [0.717, 1.165) is 10.2 Å². The number of hydrazone groups is 1. The Morgan fingerprint density at radius 3 is 2.86 bits per heavy atom. The molecule has 110 valence electrons. The van der Waals surface area contributed by atoms with E-state index in [1.54, 1.807) is 12.1 Å². The van der Waals surface area contributed by atoms with E-state index in [2.05, 4.69) is 42.4 Å². The number of hydrogen-bond donors (Lipinski definition) is 2. The number of nitrogens with zero attached hydrogens (tertiary/aromatic N) is 2. The van der Waals surface area contributed by atoms with E-state index in [1.165, 1.54) is 6.21 Å². The zero-order valence-corrected chi connectivity index (χ0v) is 14.3. The molecule has 1 aromatic heterocycles. The van der Waals surface area contributed by atoms with Crippen LogP contribution in [-0.2, 0) is 18.3 Å². The molecule has 1 aromatic carbocycles. The van der Waals surface area contributed by atoms with E-state index in [9.17, 15) is 9.90 Å². The smallest absolute Gasteiger partial charge is 0.245 e. The average molecular weight is 415 g/mol. The number of rotatable bonds is 4. The van der Waals surface area contributed by atoms with Gasteiger partial charge >= 0.3 is 0 Å². The quantitative estimate of drug-likeness (QED) is 0.596. The Hall–Kier alpha value is -1.60. The second kappa shape index (κ2) is 6.91. The van der Waals surface area contributed by atoms with Crippen molar-refractivity contribution in [3.05, 3.63) is 50.7 Å². The summed E-state index contributed by atoms with van der Waals surface area (Å²) in [4.78, 5) is 11.8. The van der Waals surface area contributed by atoms with Gasteiger partial charge in [0.05, 0.1) is 17.1 Å². The number of carbonyl (C=O) groups is 1. The number of phenols is 1. The number of halogens is 2. The number of benzene rings is 1. The van der Waals surface area contributed by atoms with Gasteiger partial charge in [-0.2, -0.15) is 5.10 Å². The fourth-order valence-electron chi connectivity index (χ4n) is 1.71. The fraction of sp³-hybridized carbons (Fsp3) is 0.143. The van der Waals surface area contributed by atoms with Crippen LogP contribution in [0, 0.1) is 0 Å². The van der Waals surface area contributed by atoms with Crippen molar-refractivity contribution < 1.29 is 9.90 Å². The minimum Gasteiger partial charge on any atom is -0.507 e. The second-order valence-electron chi connectivity index (χ2n) is 4.41. The van der Waals surface area contributed by atoms with Gasteiger partial charge in [0.25, 0.3) is 0 Å². The summed E-state index contributed by atoms with van der Waals surface area (Å²) in [5.41, 5.74) is 4.03. The maximum absolute atomic E-state index is 11.8. The summed E-state index contributed by atoms with van der Waals surface area (Å²) in [6.45, 7) is 0. The van der Waals surface area contributed by atoms with Crippen LogP contribution in [0.3, 0.4) is 0 Å². The molecule has 0 unspecified atom stereocenters. The van der Waals surface area contributed by atoms with Crippen molar-refractivity contribution in [1.82, 2.24) is 9.99 Å². The molecule has 5 nitrogen and oxygen atoms in total. The van der Waals surface area contributed by atoms with Crippen molar-refractivity contribution in [2.75, 3.05) is 0 Å². The lowest BCUT2D eigenvalue weighted by molar-refractivity contribution is -0.120. The molecule has 0 saturated carbocycles. The molecule has 2 rings (SSSR count). The topological polar surface area (TPSA) is 66.6 Å². The van der Waals surface area contributed by atoms with Gasteiger partial charge in [-0.05, 0) is 40.2 Å². The Morgan fingerprint density at radius 2 is 2.19 bits per heavy atom. The van der Waals surface area contributed by atoms with E-state index in [-0.39, 0.29) is 18.1 Å². The molecule has 0 aliphatic heterocycles. The Bertz CT molecular complexity index is 696. The summed E-state index contributed by atoms with van der Waals surface area (Å²) in [5.74, 6) is -0.0970. The maximum atomic E-state index is 11.8. The molecule has 2 N–H and O–H groups in total. The first-order valence-corrected chi connectivity index (χ1v) is 7.66. The van der Waals surface area contributed by atoms with Crippen LogP contribution in [0.1, 0.15) is 11.3 Å². The zero-order valence-electron chi connectivity index (χ0n) is 11.2. The normalized spacial score (nSPS) is 11.0. The van der Waals surface area contributed by atoms with Gasteiger partial charge < -0.3 is 9.67 Å². The maximum Gasteiger partial charge on any atom is 0.245 e. The zero-order chi connectivity index (χ0) is 15.4. The number of amides is 1. The molecule has 0 atom stereocenters. The van der Waals surface area contributed by atoms with Crippen molar-refractivity contribution >= 4 is 44.0 Å². The van der Waals surface area contributed by atoms with Gasteiger partial charge in [-0.1, -0.05) is 15.9 Å². The van der Waals surface area contributed by atoms with Gasteiger partial charge in [-0.3, -0.25) is 4.79 Å². The molecule has 1 heterocycles. The van der Waals surface area contributed by atoms with E-state index in [4.69, 9.17) is 0 Å². The van der Waals surface area contributed by atoms with Crippen molar-refractivity contribution in [2.45, 2.75) is 6.42 Å². The van der Waals surface area contributed by atoms with Crippen LogP contribution >= 0.6 is 31.9 Å². The summed E-state index contributed by atoms with van der Waals surface area (Å²) in [6.07, 6.45) is 3.61. The highest BCUT2D eigenvalue weighted by Crippen LogP contribution is 2.29. The number of aromatic nitrogens is 1. The standard InChI is InChI=1S/C14H13Br2N3O2/c1-19-4-2-3-10(19)6-14(21)18-17-8-9-5-13(20)12(16)7-11(9)15/h2-5,7-8,20H,6H2,1H3,(H,18,21). The fourth-order valence-corrected chi connectivity index (χ4v) is 2.81. The van der Waals surface area contributed by atoms with Crippen molar-refractivity contribution in [1.29, 1.82) is 0 Å². The van der Waals surface area contributed by atoms with Crippen LogP contribution in [0.25, 0.3) is 0 Å². The van der Waals surface area contributed by atoms with Gasteiger partial charge in [0.15, 0.2) is 0 Å². The number of nitrogens with one attached hydrogen (secondary N) is 1. The van der Waals surface area contributed by atoms with Crippen LogP contribution < -0.4 is 5.43 Å². The lowest BCUT2D eigenvalue weighted by Crippen LogP contribution is -2.20. The molecule has 0 spiro atoms. The first-order chi connectivity index (χ1) is 9.97. The van der Waals surface area contributed by atoms with Crippen molar-refractivity contribution in [2.24, 2.45) is 12.1 Å². The van der Waals surface area contributed by atoms with Gasteiger partial charge in [0, 0.05) is 29.0 Å². The van der Waals surface area contributed by atoms with Crippen LogP contribution in [0.4, 0.5) is 0 Å². The van der Waals surface area contributed by atoms with Crippen LogP contribution in [0.5, 0.6) is 5.75 Å². The molecule has 0 bridgehead atoms. The molecule has 0 aliphatic carbocycles. The predicted octanol–water partition coefficient (Wildman–Crippen LogP) is 2.95. The number of carbonyl (C=O) groups excluding carboxylic acids is 1. The molecular formula is C14H13Br2N3O2. The highest BCUT2D eigenvalue weighted by molar-refractivity contribution is 9.11. The first-order valence-electron chi connectivity index (χ1n) is 6.07. The number of hydrogen-bond acceptors (Lipinski definition) is 3. The number of aryl methyl sites for hydroxylation is 1. The van der Waals surface area contributed by atoms with Gasteiger partial charge in [0.2, 0.25) is 5.91 Å². The van der Waals surface area contributed by atoms with Crippen molar-refractivity contribution in [3.63, 3.8) is 0 Å². The van der Waals surface area contributed by atoms with Crippen molar-refractivity contribution in [3.8, 4) is 5.75 Å². The molecule has 7 heteroatoms. The summed E-state index contributed by atoms with van der Waals surface area (Å²) in [5, 5.41) is 13.5. The Labute approximate surface area is 138 Å². The van der Waals surface area contributed by atoms with E-state index in [1.807, 2.05) is 29.9 Å². The Kier molecular flexibility index (Phi) is 5.19. The lowest BCUT2D eigenvalue weighted by Gasteiger charge is -2.03. The van der Waals surface area contributed by atoms with E-state index >= 15 is 0 Å². The highest BCUT2D eigenvalue weighted by Gasteiger charge is 2.06. The summed E-state index contributed by atoms with van der Waals surface area (Å²) in [6, 6.07) is 7.02. The van der Waals surface area contributed by atoms with E-state index < -0.39 is 0 Å². The third-order valence-electron chi connectivity index (χ3n) is 2.85. The van der Waals surface area contributed by atoms with Gasteiger partial charge in [-0.25, -0.2) is 5.43 Å². The minimum absolute atomic E-state index is 0.106. The van der Waals surface area contributed by atoms with Crippen LogP contribution in [-0.4, -0.2) is 21.8 Å². The van der Waals surface area contributed by atoms with Crippen LogP contribution in [0.15, 0.2) is 44.5 Å². The summed E-state index contributed by atoms with van der Waals surface area (Å²) >= 11 is 6.57. The van der Waals surface area contributed by atoms with Gasteiger partial charge in [-0.15, -0.1) is 0 Å². The first kappa shape index (κ1) is 15.8. The SMILES string of the molecule is Cn1cccc1CC(=O)NN=Cc1cc(O)c(Br)cc1Br. The average Bonchev–Trinajstić information content (AvgIpc) is 2.81. The minimum atomic E-state index is -0.203. The Balaban J connectivity index is 1.98. The second-order valence-corrected chi connectivity index (χ2v) is 6.11.